The first-order valence-corrected chi connectivity index (χ1v) is 6.18. The number of aromatic nitrogens is 1. The van der Waals surface area contributed by atoms with Crippen LogP contribution in [0.2, 0.25) is 0 Å². The lowest BCUT2D eigenvalue weighted by molar-refractivity contribution is -0.139. The number of pyridine rings is 1. The molecule has 6 heteroatoms. The minimum atomic E-state index is -1.11. The smallest absolute Gasteiger partial charge is 0.326 e. The number of aliphatic carboxylic acids is 1. The molecular weight excluding hydrogens is 260 g/mol. The highest BCUT2D eigenvalue weighted by atomic mass is 16.4. The minimum absolute atomic E-state index is 0.0494. The molecular formula is C14H14N2O4. The molecule has 2 rings (SSSR count). The molecule has 0 aliphatic heterocycles. The molecule has 6 nitrogen and oxygen atoms in total. The minimum Gasteiger partial charge on any atom is -0.480 e. The van der Waals surface area contributed by atoms with E-state index in [0.717, 1.165) is 0 Å². The maximum Gasteiger partial charge on any atom is 0.326 e. The number of nitrogens with one attached hydrogen (secondary N) is 2. The van der Waals surface area contributed by atoms with Crippen LogP contribution in [0.15, 0.2) is 35.1 Å². The molecule has 0 unspecified atom stereocenters. The number of carbonyl (C=O) groups excluding carboxylic acids is 1. The summed E-state index contributed by atoms with van der Waals surface area (Å²) < 4.78 is 0. The fourth-order valence-electron chi connectivity index (χ4n) is 1.91. The molecule has 3 N–H and O–H groups in total. The van der Waals surface area contributed by atoms with Gasteiger partial charge in [0.25, 0.3) is 11.5 Å². The second-order valence-corrected chi connectivity index (χ2v) is 4.37. The first kappa shape index (κ1) is 13.8. The number of fused-ring (bicyclic) bond motifs is 1. The van der Waals surface area contributed by atoms with Gasteiger partial charge in [-0.1, -0.05) is 25.1 Å². The van der Waals surface area contributed by atoms with Gasteiger partial charge in [-0.15, -0.1) is 0 Å². The Morgan fingerprint density at radius 1 is 1.35 bits per heavy atom. The molecule has 1 aromatic heterocycles. The van der Waals surface area contributed by atoms with Gasteiger partial charge in [0.1, 0.15) is 11.7 Å². The molecule has 2 aromatic rings. The van der Waals surface area contributed by atoms with Crippen molar-refractivity contribution in [2.24, 2.45) is 0 Å². The molecule has 0 aliphatic carbocycles. The maximum absolute atomic E-state index is 12.0. The molecule has 0 bridgehead atoms. The highest BCUT2D eigenvalue weighted by Crippen LogP contribution is 2.10. The Morgan fingerprint density at radius 3 is 2.70 bits per heavy atom. The van der Waals surface area contributed by atoms with Gasteiger partial charge in [0.05, 0.1) is 0 Å². The zero-order valence-electron chi connectivity index (χ0n) is 10.8. The lowest BCUT2D eigenvalue weighted by atomic mass is 10.1. The summed E-state index contributed by atoms with van der Waals surface area (Å²) in [5.41, 5.74) is -0.329. The molecule has 0 fully saturated rings. The number of aromatic amines is 1. The van der Waals surface area contributed by atoms with Crippen LogP contribution < -0.4 is 10.9 Å². The lowest BCUT2D eigenvalue weighted by Gasteiger charge is -2.12. The Hall–Kier alpha value is -2.63. The molecule has 1 amide bonds. The fourth-order valence-corrected chi connectivity index (χ4v) is 1.91. The number of rotatable bonds is 4. The molecule has 0 aliphatic rings. The van der Waals surface area contributed by atoms with Crippen molar-refractivity contribution >= 4 is 22.6 Å². The van der Waals surface area contributed by atoms with Gasteiger partial charge >= 0.3 is 5.97 Å². The summed E-state index contributed by atoms with van der Waals surface area (Å²) in [5, 5.41) is 12.4. The van der Waals surface area contributed by atoms with Crippen molar-refractivity contribution in [3.05, 3.63) is 46.4 Å². The molecule has 0 spiro atoms. The summed E-state index contributed by atoms with van der Waals surface area (Å²) in [4.78, 5) is 37.2. The summed E-state index contributed by atoms with van der Waals surface area (Å²) in [7, 11) is 0. The van der Waals surface area contributed by atoms with Gasteiger partial charge in [-0.3, -0.25) is 9.59 Å². The van der Waals surface area contributed by atoms with Crippen LogP contribution >= 0.6 is 0 Å². The van der Waals surface area contributed by atoms with Crippen LogP contribution in [0.3, 0.4) is 0 Å². The predicted octanol–water partition coefficient (Wildman–Crippen LogP) is 1.12. The van der Waals surface area contributed by atoms with Crippen LogP contribution in [0.25, 0.3) is 10.8 Å². The molecule has 0 saturated carbocycles. The van der Waals surface area contributed by atoms with E-state index in [-0.39, 0.29) is 17.7 Å². The van der Waals surface area contributed by atoms with E-state index < -0.39 is 17.9 Å². The second-order valence-electron chi connectivity index (χ2n) is 4.37. The van der Waals surface area contributed by atoms with Crippen molar-refractivity contribution in [1.29, 1.82) is 0 Å². The van der Waals surface area contributed by atoms with Crippen LogP contribution in [0.4, 0.5) is 0 Å². The zero-order chi connectivity index (χ0) is 14.7. The third-order valence-electron chi connectivity index (χ3n) is 3.01. The quantitative estimate of drug-likeness (QED) is 0.778. The molecule has 0 saturated heterocycles. The lowest BCUT2D eigenvalue weighted by Crippen LogP contribution is -2.41. The van der Waals surface area contributed by atoms with E-state index in [1.807, 2.05) is 0 Å². The summed E-state index contributed by atoms with van der Waals surface area (Å²) >= 11 is 0. The number of hydrogen-bond acceptors (Lipinski definition) is 3. The first-order valence-electron chi connectivity index (χ1n) is 6.18. The number of benzene rings is 1. The van der Waals surface area contributed by atoms with E-state index in [0.29, 0.717) is 10.8 Å². The van der Waals surface area contributed by atoms with Crippen molar-refractivity contribution in [3.63, 3.8) is 0 Å². The Labute approximate surface area is 114 Å². The summed E-state index contributed by atoms with van der Waals surface area (Å²) in [6.07, 6.45) is 0.263. The Balaban J connectivity index is 2.36. The number of H-pyrrole nitrogens is 1. The zero-order valence-corrected chi connectivity index (χ0v) is 10.8. The Morgan fingerprint density at radius 2 is 2.05 bits per heavy atom. The van der Waals surface area contributed by atoms with Gasteiger partial charge in [-0.05, 0) is 23.9 Å². The standard InChI is InChI=1S/C14H14N2O4/c1-2-10(14(19)20)15-13(18)11-7-8-5-3-4-6-9(8)12(17)16-11/h3-7,10H,2H2,1H3,(H,15,18)(H,16,17)(H,19,20)/t10-/m0/s1. The number of amides is 1. The van der Waals surface area contributed by atoms with Crippen molar-refractivity contribution in [2.45, 2.75) is 19.4 Å². The van der Waals surface area contributed by atoms with Crippen LogP contribution in [0.1, 0.15) is 23.8 Å². The summed E-state index contributed by atoms with van der Waals surface area (Å²) in [5.74, 6) is -1.72. The topological polar surface area (TPSA) is 99.3 Å². The van der Waals surface area contributed by atoms with Gasteiger partial charge in [-0.2, -0.15) is 0 Å². The molecule has 104 valence electrons. The van der Waals surface area contributed by atoms with Crippen LogP contribution in [-0.4, -0.2) is 28.0 Å². The molecule has 1 aromatic carbocycles. The largest absolute Gasteiger partial charge is 0.480 e. The van der Waals surface area contributed by atoms with Crippen molar-refractivity contribution in [1.82, 2.24) is 10.3 Å². The van der Waals surface area contributed by atoms with Crippen molar-refractivity contribution in [2.75, 3.05) is 0 Å². The molecule has 20 heavy (non-hydrogen) atoms. The number of hydrogen-bond donors (Lipinski definition) is 3. The fraction of sp³-hybridized carbons (Fsp3) is 0.214. The van der Waals surface area contributed by atoms with Gasteiger partial charge < -0.3 is 15.4 Å². The number of carboxylic acids is 1. The Bertz CT molecular complexity index is 720. The van der Waals surface area contributed by atoms with Gasteiger partial charge in [-0.25, -0.2) is 4.79 Å². The average molecular weight is 274 g/mol. The maximum atomic E-state index is 12.0. The van der Waals surface area contributed by atoms with E-state index in [1.165, 1.54) is 6.07 Å². The van der Waals surface area contributed by atoms with Crippen LogP contribution in [-0.2, 0) is 4.79 Å². The molecule has 1 heterocycles. The van der Waals surface area contributed by atoms with Crippen molar-refractivity contribution < 1.29 is 14.7 Å². The van der Waals surface area contributed by atoms with E-state index in [9.17, 15) is 14.4 Å². The molecule has 1 atom stereocenters. The monoisotopic (exact) mass is 274 g/mol. The molecule has 0 radical (unpaired) electrons. The van der Waals surface area contributed by atoms with E-state index in [1.54, 1.807) is 31.2 Å². The van der Waals surface area contributed by atoms with Crippen molar-refractivity contribution in [3.8, 4) is 0 Å². The van der Waals surface area contributed by atoms with E-state index >= 15 is 0 Å². The van der Waals surface area contributed by atoms with Gasteiger partial charge in [0, 0.05) is 5.39 Å². The highest BCUT2D eigenvalue weighted by molar-refractivity contribution is 5.98. The third-order valence-corrected chi connectivity index (χ3v) is 3.01. The number of carboxylic acid groups (broad SMARTS) is 1. The highest BCUT2D eigenvalue weighted by Gasteiger charge is 2.19. The normalized spacial score (nSPS) is 12.1. The first-order chi connectivity index (χ1) is 9.52. The third kappa shape index (κ3) is 2.69. The van der Waals surface area contributed by atoms with Gasteiger partial charge in [0.2, 0.25) is 0 Å². The SMILES string of the molecule is CC[C@H](NC(=O)c1cc2ccccc2c(=O)[nH]1)C(=O)O. The van der Waals surface area contributed by atoms with E-state index in [2.05, 4.69) is 10.3 Å². The number of carbonyl (C=O) groups is 2. The summed E-state index contributed by atoms with van der Waals surface area (Å²) in [6.45, 7) is 1.65. The average Bonchev–Trinajstić information content (AvgIpc) is 2.44. The Kier molecular flexibility index (Phi) is 3.84. The predicted molar refractivity (Wildman–Crippen MR) is 73.7 cm³/mol. The van der Waals surface area contributed by atoms with E-state index in [4.69, 9.17) is 5.11 Å². The van der Waals surface area contributed by atoms with Crippen LogP contribution in [0.5, 0.6) is 0 Å². The van der Waals surface area contributed by atoms with Gasteiger partial charge in [0.15, 0.2) is 0 Å². The van der Waals surface area contributed by atoms with Crippen LogP contribution in [0, 0.1) is 0 Å². The second kappa shape index (κ2) is 5.56. The summed E-state index contributed by atoms with van der Waals surface area (Å²) in [6, 6.07) is 7.42.